The van der Waals surface area contributed by atoms with Gasteiger partial charge in [-0.15, -0.1) is 0 Å². The molecule has 0 saturated carbocycles. The Kier molecular flexibility index (Phi) is 3.00. The molecule has 0 aliphatic heterocycles. The minimum Gasteiger partial charge on any atom is -0.478 e. The van der Waals surface area contributed by atoms with E-state index in [9.17, 15) is 13.6 Å². The lowest BCUT2D eigenvalue weighted by Crippen LogP contribution is -2.05. The summed E-state index contributed by atoms with van der Waals surface area (Å²) < 4.78 is 24.7. The molecule has 1 aromatic heterocycles. The van der Waals surface area contributed by atoms with Gasteiger partial charge >= 0.3 is 5.97 Å². The van der Waals surface area contributed by atoms with Crippen LogP contribution >= 0.6 is 11.6 Å². The van der Waals surface area contributed by atoms with E-state index < -0.39 is 18.1 Å². The van der Waals surface area contributed by atoms with Crippen molar-refractivity contribution in [1.29, 1.82) is 0 Å². The number of rotatable bonds is 2. The summed E-state index contributed by atoms with van der Waals surface area (Å²) in [6, 6.07) is 1.05. The van der Waals surface area contributed by atoms with Crippen LogP contribution in [0.25, 0.3) is 0 Å². The van der Waals surface area contributed by atoms with E-state index >= 15 is 0 Å². The molecule has 14 heavy (non-hydrogen) atoms. The second-order valence-corrected chi connectivity index (χ2v) is 3.00. The second-order valence-electron chi connectivity index (χ2n) is 2.61. The molecule has 0 aromatic carbocycles. The number of carboxylic acids is 1. The topological polar surface area (TPSA) is 50.2 Å². The van der Waals surface area contributed by atoms with E-state index in [2.05, 4.69) is 4.98 Å². The molecule has 1 rings (SSSR count). The molecule has 1 heterocycles. The van der Waals surface area contributed by atoms with E-state index in [1.165, 1.54) is 6.92 Å². The average molecular weight is 222 g/mol. The van der Waals surface area contributed by atoms with Crippen molar-refractivity contribution in [3.63, 3.8) is 0 Å². The molecule has 0 fully saturated rings. The first-order valence-electron chi connectivity index (χ1n) is 3.62. The smallest absolute Gasteiger partial charge is 0.336 e. The Bertz CT molecular complexity index is 382. The van der Waals surface area contributed by atoms with Crippen LogP contribution in [0.4, 0.5) is 8.78 Å². The van der Waals surface area contributed by atoms with Crippen LogP contribution in [0.1, 0.15) is 28.0 Å². The number of carbonyl (C=O) groups is 1. The fraction of sp³-hybridized carbons (Fsp3) is 0.250. The van der Waals surface area contributed by atoms with E-state index in [1.54, 1.807) is 0 Å². The number of alkyl halides is 2. The van der Waals surface area contributed by atoms with Crippen molar-refractivity contribution in [1.82, 2.24) is 4.98 Å². The molecule has 0 atom stereocenters. The first kappa shape index (κ1) is 10.8. The second kappa shape index (κ2) is 3.88. The third-order valence-electron chi connectivity index (χ3n) is 1.72. The van der Waals surface area contributed by atoms with Gasteiger partial charge in [0.2, 0.25) is 0 Å². The number of carboxylic acid groups (broad SMARTS) is 1. The van der Waals surface area contributed by atoms with Gasteiger partial charge < -0.3 is 5.11 Å². The molecule has 0 bridgehead atoms. The lowest BCUT2D eigenvalue weighted by Gasteiger charge is -2.07. The van der Waals surface area contributed by atoms with Crippen molar-refractivity contribution in [2.45, 2.75) is 13.3 Å². The predicted octanol–water partition coefficient (Wildman–Crippen LogP) is 2.68. The maximum atomic E-state index is 12.3. The fourth-order valence-electron chi connectivity index (χ4n) is 1.03. The lowest BCUT2D eigenvalue weighted by molar-refractivity contribution is 0.0695. The molecule has 1 N–H and O–H groups in total. The molecule has 1 aromatic rings. The van der Waals surface area contributed by atoms with E-state index in [-0.39, 0.29) is 16.3 Å². The van der Waals surface area contributed by atoms with Crippen LogP contribution < -0.4 is 0 Å². The Hall–Kier alpha value is -1.23. The van der Waals surface area contributed by atoms with E-state index in [1.807, 2.05) is 0 Å². The molecule has 0 aliphatic rings. The highest BCUT2D eigenvalue weighted by Gasteiger charge is 2.19. The third kappa shape index (κ3) is 1.98. The summed E-state index contributed by atoms with van der Waals surface area (Å²) in [6.07, 6.45) is -2.83. The molecule has 0 saturated heterocycles. The van der Waals surface area contributed by atoms with Crippen LogP contribution in [0.5, 0.6) is 0 Å². The molecule has 76 valence electrons. The van der Waals surface area contributed by atoms with Gasteiger partial charge in [-0.3, -0.25) is 0 Å². The van der Waals surface area contributed by atoms with Crippen LogP contribution in [-0.2, 0) is 0 Å². The van der Waals surface area contributed by atoms with Gasteiger partial charge in [-0.25, -0.2) is 18.6 Å². The molecule has 0 radical (unpaired) electrons. The van der Waals surface area contributed by atoms with Crippen molar-refractivity contribution in [2.75, 3.05) is 0 Å². The Morgan fingerprint density at radius 3 is 2.64 bits per heavy atom. The molecule has 3 nitrogen and oxygen atoms in total. The van der Waals surface area contributed by atoms with Gasteiger partial charge in [0, 0.05) is 0 Å². The van der Waals surface area contributed by atoms with Crippen molar-refractivity contribution in [3.05, 3.63) is 28.0 Å². The standard InChI is InChI=1S/C8H6ClF2NO2/c1-3-4(8(13)14)2-5(9)12-6(3)7(10)11/h2,7H,1H3,(H,13,14). The zero-order valence-corrected chi connectivity index (χ0v) is 7.85. The minimum absolute atomic E-state index is 0.0584. The highest BCUT2D eigenvalue weighted by atomic mass is 35.5. The van der Waals surface area contributed by atoms with Crippen LogP contribution in [-0.4, -0.2) is 16.1 Å². The summed E-state index contributed by atoms with van der Waals surface area (Å²) in [5.41, 5.74) is -0.896. The minimum atomic E-state index is -2.83. The Labute approximate surface area is 83.3 Å². The Balaban J connectivity index is 3.40. The SMILES string of the molecule is Cc1c(C(=O)O)cc(Cl)nc1C(F)F. The normalized spacial score (nSPS) is 10.6. The summed E-state index contributed by atoms with van der Waals surface area (Å²) in [7, 11) is 0. The van der Waals surface area contributed by atoms with Gasteiger partial charge in [-0.2, -0.15) is 0 Å². The number of aromatic carboxylic acids is 1. The van der Waals surface area contributed by atoms with Crippen LogP contribution in [0.2, 0.25) is 5.15 Å². The van der Waals surface area contributed by atoms with Crippen molar-refractivity contribution < 1.29 is 18.7 Å². The summed E-state index contributed by atoms with van der Waals surface area (Å²) >= 11 is 5.40. The molecular formula is C8H6ClF2NO2. The highest BCUT2D eigenvalue weighted by Crippen LogP contribution is 2.25. The number of nitrogens with zero attached hydrogens (tertiary/aromatic N) is 1. The Morgan fingerprint density at radius 1 is 1.64 bits per heavy atom. The zero-order chi connectivity index (χ0) is 10.9. The summed E-state index contributed by atoms with van der Waals surface area (Å²) in [5.74, 6) is -1.30. The average Bonchev–Trinajstić information content (AvgIpc) is 2.07. The molecular weight excluding hydrogens is 216 g/mol. The third-order valence-corrected chi connectivity index (χ3v) is 1.91. The monoisotopic (exact) mass is 221 g/mol. The van der Waals surface area contributed by atoms with Crippen molar-refractivity contribution >= 4 is 17.6 Å². The molecule has 0 amide bonds. The highest BCUT2D eigenvalue weighted by molar-refractivity contribution is 6.29. The number of aromatic nitrogens is 1. The number of halogens is 3. The van der Waals surface area contributed by atoms with Gasteiger partial charge in [-0.05, 0) is 18.6 Å². The van der Waals surface area contributed by atoms with E-state index in [4.69, 9.17) is 16.7 Å². The number of hydrogen-bond acceptors (Lipinski definition) is 2. The maximum absolute atomic E-state index is 12.3. The number of pyridine rings is 1. The van der Waals surface area contributed by atoms with Crippen LogP contribution in [0.3, 0.4) is 0 Å². The van der Waals surface area contributed by atoms with E-state index in [0.717, 1.165) is 6.07 Å². The van der Waals surface area contributed by atoms with Gasteiger partial charge in [0.1, 0.15) is 10.8 Å². The molecule has 6 heteroatoms. The summed E-state index contributed by atoms with van der Waals surface area (Å²) in [4.78, 5) is 14.0. The predicted molar refractivity (Wildman–Crippen MR) is 45.9 cm³/mol. The summed E-state index contributed by atoms with van der Waals surface area (Å²) in [5, 5.41) is 8.42. The zero-order valence-electron chi connectivity index (χ0n) is 7.09. The van der Waals surface area contributed by atoms with E-state index in [0.29, 0.717) is 0 Å². The van der Waals surface area contributed by atoms with Crippen LogP contribution in [0.15, 0.2) is 6.07 Å². The Morgan fingerprint density at radius 2 is 2.21 bits per heavy atom. The first-order chi connectivity index (χ1) is 6.43. The fourth-order valence-corrected chi connectivity index (χ4v) is 1.23. The molecule has 0 spiro atoms. The van der Waals surface area contributed by atoms with Gasteiger partial charge in [0.25, 0.3) is 6.43 Å². The van der Waals surface area contributed by atoms with Crippen molar-refractivity contribution in [3.8, 4) is 0 Å². The quantitative estimate of drug-likeness (QED) is 0.781. The van der Waals surface area contributed by atoms with Gasteiger partial charge in [-0.1, -0.05) is 11.6 Å². The van der Waals surface area contributed by atoms with Gasteiger partial charge in [0.05, 0.1) is 5.56 Å². The molecule has 0 unspecified atom stereocenters. The first-order valence-corrected chi connectivity index (χ1v) is 3.99. The number of hydrogen-bond donors (Lipinski definition) is 1. The molecule has 0 aliphatic carbocycles. The largest absolute Gasteiger partial charge is 0.478 e. The van der Waals surface area contributed by atoms with Crippen molar-refractivity contribution in [2.24, 2.45) is 0 Å². The van der Waals surface area contributed by atoms with Gasteiger partial charge in [0.15, 0.2) is 0 Å². The van der Waals surface area contributed by atoms with Crippen LogP contribution in [0, 0.1) is 6.92 Å². The lowest BCUT2D eigenvalue weighted by atomic mass is 10.1. The summed E-state index contributed by atoms with van der Waals surface area (Å²) in [6.45, 7) is 1.27. The maximum Gasteiger partial charge on any atom is 0.336 e.